The molecule has 92 valence electrons. The van der Waals surface area contributed by atoms with Gasteiger partial charge in [-0.05, 0) is 12.8 Å². The molecule has 1 rings (SSSR count). The van der Waals surface area contributed by atoms with Gasteiger partial charge < -0.3 is 10.4 Å². The molecule has 0 aromatic heterocycles. The van der Waals surface area contributed by atoms with Gasteiger partial charge in [0.25, 0.3) is 0 Å². The molecule has 2 N–H and O–H groups in total. The average Bonchev–Trinajstić information content (AvgIpc) is 2.29. The molecule has 16 heavy (non-hydrogen) atoms. The van der Waals surface area contributed by atoms with Gasteiger partial charge in [0.2, 0.25) is 0 Å². The van der Waals surface area contributed by atoms with Gasteiger partial charge >= 0.3 is 6.03 Å². The van der Waals surface area contributed by atoms with Crippen LogP contribution in [0.3, 0.4) is 0 Å². The fourth-order valence-electron chi connectivity index (χ4n) is 1.77. The van der Waals surface area contributed by atoms with E-state index in [1.807, 2.05) is 0 Å². The molecular formula is C9H16FN3O3. The number of aliphatic hydroxyl groups excluding tert-OH is 1. The highest BCUT2D eigenvalue weighted by Gasteiger charge is 2.26. The fourth-order valence-corrected chi connectivity index (χ4v) is 1.77. The van der Waals surface area contributed by atoms with Crippen LogP contribution in [0.15, 0.2) is 5.29 Å². The highest BCUT2D eigenvalue weighted by molar-refractivity contribution is 5.74. The number of urea groups is 1. The van der Waals surface area contributed by atoms with Gasteiger partial charge in [-0.15, -0.1) is 4.91 Å². The molecule has 1 saturated carbocycles. The average molecular weight is 233 g/mol. The van der Waals surface area contributed by atoms with Gasteiger partial charge in [0.15, 0.2) is 0 Å². The third-order valence-electron chi connectivity index (χ3n) is 2.67. The Labute approximate surface area is 92.7 Å². The number of nitroso groups, excluding NO2 is 1. The largest absolute Gasteiger partial charge is 0.391 e. The third kappa shape index (κ3) is 3.41. The maximum absolute atomic E-state index is 12.0. The van der Waals surface area contributed by atoms with Crippen molar-refractivity contribution in [2.24, 2.45) is 5.29 Å². The second-order valence-electron chi connectivity index (χ2n) is 3.80. The zero-order valence-corrected chi connectivity index (χ0v) is 8.93. The quantitative estimate of drug-likeness (QED) is 0.560. The second-order valence-corrected chi connectivity index (χ2v) is 3.80. The SMILES string of the molecule is O=NN(CCF)C(=O)NC1CCCCC1O. The number of nitrogens with zero attached hydrogens (tertiary/aromatic N) is 2. The Morgan fingerprint density at radius 3 is 2.75 bits per heavy atom. The monoisotopic (exact) mass is 233 g/mol. The Morgan fingerprint density at radius 1 is 1.50 bits per heavy atom. The standard InChI is InChI=1S/C9H16FN3O3/c10-5-6-13(12-16)9(15)11-7-3-1-2-4-8(7)14/h7-8,14H,1-6H2,(H,11,15). The third-order valence-corrected chi connectivity index (χ3v) is 2.67. The molecule has 0 heterocycles. The molecule has 0 aromatic rings. The summed E-state index contributed by atoms with van der Waals surface area (Å²) in [5.41, 5.74) is 0. The van der Waals surface area contributed by atoms with Crippen LogP contribution in [0.25, 0.3) is 0 Å². The molecule has 0 aliphatic heterocycles. The highest BCUT2D eigenvalue weighted by Crippen LogP contribution is 2.18. The van der Waals surface area contributed by atoms with Gasteiger partial charge in [0, 0.05) is 0 Å². The van der Waals surface area contributed by atoms with Crippen molar-refractivity contribution in [3.05, 3.63) is 4.91 Å². The summed E-state index contributed by atoms with van der Waals surface area (Å²) >= 11 is 0. The molecule has 0 radical (unpaired) electrons. The van der Waals surface area contributed by atoms with Gasteiger partial charge in [-0.2, -0.15) is 5.01 Å². The van der Waals surface area contributed by atoms with E-state index in [1.165, 1.54) is 0 Å². The molecule has 1 aliphatic rings. The minimum Gasteiger partial charge on any atom is -0.391 e. The van der Waals surface area contributed by atoms with Crippen LogP contribution in [-0.2, 0) is 0 Å². The lowest BCUT2D eigenvalue weighted by Gasteiger charge is -2.29. The molecule has 0 spiro atoms. The van der Waals surface area contributed by atoms with Crippen LogP contribution < -0.4 is 5.32 Å². The van der Waals surface area contributed by atoms with E-state index in [-0.39, 0.29) is 12.6 Å². The molecule has 6 nitrogen and oxygen atoms in total. The van der Waals surface area contributed by atoms with E-state index in [0.717, 1.165) is 12.8 Å². The first-order valence-corrected chi connectivity index (χ1v) is 5.34. The minimum atomic E-state index is -0.827. The van der Waals surface area contributed by atoms with Crippen molar-refractivity contribution < 1.29 is 14.3 Å². The van der Waals surface area contributed by atoms with E-state index in [2.05, 4.69) is 10.6 Å². The smallest absolute Gasteiger partial charge is 0.340 e. The van der Waals surface area contributed by atoms with Crippen molar-refractivity contribution in [2.75, 3.05) is 13.2 Å². The topological polar surface area (TPSA) is 82.0 Å². The molecule has 7 heteroatoms. The Bertz CT molecular complexity index is 252. The van der Waals surface area contributed by atoms with Crippen molar-refractivity contribution in [1.29, 1.82) is 0 Å². The molecule has 0 saturated heterocycles. The van der Waals surface area contributed by atoms with Gasteiger partial charge in [0.1, 0.15) is 6.67 Å². The van der Waals surface area contributed by atoms with Crippen LogP contribution in [-0.4, -0.2) is 41.5 Å². The van der Waals surface area contributed by atoms with Crippen LogP contribution in [0, 0.1) is 4.91 Å². The molecule has 2 atom stereocenters. The van der Waals surface area contributed by atoms with Crippen LogP contribution in [0.5, 0.6) is 0 Å². The van der Waals surface area contributed by atoms with E-state index in [1.54, 1.807) is 0 Å². The lowest BCUT2D eigenvalue weighted by Crippen LogP contribution is -2.49. The predicted octanol–water partition coefficient (Wildman–Crippen LogP) is 0.952. The number of nitrogens with one attached hydrogen (secondary N) is 1. The van der Waals surface area contributed by atoms with Gasteiger partial charge in [0.05, 0.1) is 24.0 Å². The Hall–Kier alpha value is -1.24. The molecule has 2 unspecified atom stereocenters. The number of amides is 2. The summed E-state index contributed by atoms with van der Waals surface area (Å²) in [6.45, 7) is -1.19. The highest BCUT2D eigenvalue weighted by atomic mass is 19.1. The number of carbonyl (C=O) groups excluding carboxylic acids is 1. The van der Waals surface area contributed by atoms with E-state index in [0.29, 0.717) is 17.9 Å². The van der Waals surface area contributed by atoms with Gasteiger partial charge in [-0.3, -0.25) is 0 Å². The van der Waals surface area contributed by atoms with E-state index in [9.17, 15) is 19.2 Å². The van der Waals surface area contributed by atoms with Gasteiger partial charge in [-0.1, -0.05) is 12.8 Å². The van der Waals surface area contributed by atoms with Crippen molar-refractivity contribution in [3.8, 4) is 0 Å². The van der Waals surface area contributed by atoms with E-state index < -0.39 is 18.8 Å². The van der Waals surface area contributed by atoms with Crippen molar-refractivity contribution in [1.82, 2.24) is 10.3 Å². The Morgan fingerprint density at radius 2 is 2.19 bits per heavy atom. The Kier molecular flexibility index (Phi) is 5.10. The molecular weight excluding hydrogens is 217 g/mol. The predicted molar refractivity (Wildman–Crippen MR) is 55.3 cm³/mol. The number of hydrogen-bond acceptors (Lipinski definition) is 4. The summed E-state index contributed by atoms with van der Waals surface area (Å²) in [5.74, 6) is 0. The fraction of sp³-hybridized carbons (Fsp3) is 0.889. The van der Waals surface area contributed by atoms with Gasteiger partial charge in [-0.25, -0.2) is 9.18 Å². The van der Waals surface area contributed by atoms with Crippen molar-refractivity contribution in [2.45, 2.75) is 37.8 Å². The first-order chi connectivity index (χ1) is 7.69. The molecule has 1 fully saturated rings. The first kappa shape index (κ1) is 12.8. The lowest BCUT2D eigenvalue weighted by atomic mass is 9.93. The summed E-state index contributed by atoms with van der Waals surface area (Å²) in [5, 5.41) is 15.0. The summed E-state index contributed by atoms with van der Waals surface area (Å²) in [4.78, 5) is 21.7. The van der Waals surface area contributed by atoms with E-state index in [4.69, 9.17) is 0 Å². The maximum atomic E-state index is 12.0. The van der Waals surface area contributed by atoms with Crippen LogP contribution >= 0.6 is 0 Å². The van der Waals surface area contributed by atoms with Crippen LogP contribution in [0.4, 0.5) is 9.18 Å². The first-order valence-electron chi connectivity index (χ1n) is 5.34. The van der Waals surface area contributed by atoms with Crippen molar-refractivity contribution in [3.63, 3.8) is 0 Å². The summed E-state index contributed by atoms with van der Waals surface area (Å²) in [6.07, 6.45) is 2.53. The van der Waals surface area contributed by atoms with Crippen LogP contribution in [0.2, 0.25) is 0 Å². The number of halogens is 1. The number of aliphatic hydroxyl groups is 1. The summed E-state index contributed by atoms with van der Waals surface area (Å²) in [7, 11) is 0. The number of carbonyl (C=O) groups is 1. The maximum Gasteiger partial charge on any atom is 0.340 e. The number of alkyl halides is 1. The van der Waals surface area contributed by atoms with Crippen molar-refractivity contribution >= 4 is 6.03 Å². The molecule has 0 bridgehead atoms. The molecule has 0 aromatic carbocycles. The number of rotatable bonds is 4. The zero-order valence-electron chi connectivity index (χ0n) is 8.93. The molecule has 1 aliphatic carbocycles. The zero-order chi connectivity index (χ0) is 12.0. The second kappa shape index (κ2) is 6.37. The summed E-state index contributed by atoms with van der Waals surface area (Å²) < 4.78 is 12.0. The molecule has 2 amide bonds. The minimum absolute atomic E-state index is 0.363. The van der Waals surface area contributed by atoms with Crippen LogP contribution in [0.1, 0.15) is 25.7 Å². The normalized spacial score (nSPS) is 24.9. The summed E-state index contributed by atoms with van der Waals surface area (Å²) in [6, 6.07) is -1.12. The van der Waals surface area contributed by atoms with E-state index >= 15 is 0 Å². The Balaban J connectivity index is 2.44. The lowest BCUT2D eigenvalue weighted by molar-refractivity contribution is 0.0896. The number of hydrogen-bond donors (Lipinski definition) is 2.